The highest BCUT2D eigenvalue weighted by Crippen LogP contribution is 2.14. The number of thioether (sulfide) groups is 1. The molecular formula is C16H18O2S. The van der Waals surface area contributed by atoms with Gasteiger partial charge in [0.15, 0.2) is 0 Å². The van der Waals surface area contributed by atoms with Crippen LogP contribution in [0.5, 0.6) is 0 Å². The predicted molar refractivity (Wildman–Crippen MR) is 81.0 cm³/mol. The summed E-state index contributed by atoms with van der Waals surface area (Å²) >= 11 is 1.76. The molecule has 1 aliphatic rings. The van der Waals surface area contributed by atoms with Gasteiger partial charge in [-0.05, 0) is 36.8 Å². The molecule has 0 aromatic heterocycles. The fraction of sp³-hybridized carbons (Fsp3) is 0.375. The van der Waals surface area contributed by atoms with Crippen molar-refractivity contribution in [3.63, 3.8) is 0 Å². The molecule has 2 rings (SSSR count). The third kappa shape index (κ3) is 4.76. The molecule has 3 heteroatoms. The van der Waals surface area contributed by atoms with Gasteiger partial charge in [-0.25, -0.2) is 0 Å². The van der Waals surface area contributed by atoms with Gasteiger partial charge >= 0.3 is 0 Å². The Hall–Kier alpha value is -1.21. The van der Waals surface area contributed by atoms with E-state index in [-0.39, 0.29) is 6.29 Å². The first-order valence-electron chi connectivity index (χ1n) is 6.28. The molecule has 19 heavy (non-hydrogen) atoms. The Bertz CT molecular complexity index is 474. The van der Waals surface area contributed by atoms with E-state index in [4.69, 9.17) is 9.47 Å². The van der Waals surface area contributed by atoms with Crippen LogP contribution in [0.1, 0.15) is 11.1 Å². The van der Waals surface area contributed by atoms with E-state index in [2.05, 4.69) is 49.3 Å². The van der Waals surface area contributed by atoms with Gasteiger partial charge in [0, 0.05) is 0 Å². The van der Waals surface area contributed by atoms with E-state index < -0.39 is 0 Å². The smallest absolute Gasteiger partial charge is 0.222 e. The van der Waals surface area contributed by atoms with Crippen LogP contribution in [0.4, 0.5) is 0 Å². The first kappa shape index (κ1) is 14.2. The van der Waals surface area contributed by atoms with Crippen LogP contribution in [-0.2, 0) is 9.47 Å². The summed E-state index contributed by atoms with van der Waals surface area (Å²) in [5.41, 5.74) is 2.41. The second-order valence-corrected chi connectivity index (χ2v) is 5.53. The van der Waals surface area contributed by atoms with Crippen LogP contribution in [0.25, 0.3) is 6.08 Å². The molecule has 0 amide bonds. The summed E-state index contributed by atoms with van der Waals surface area (Å²) in [6, 6.07) is 8.32. The fourth-order valence-corrected chi connectivity index (χ4v) is 2.07. The Morgan fingerprint density at radius 1 is 1.21 bits per heavy atom. The summed E-state index contributed by atoms with van der Waals surface area (Å²) in [7, 11) is 0. The standard InChI is InChI=1S/C16H18O2S/c1-13-7-9-14(10-8-13)5-3-4-6-16-17-11-15(19-2)12-18-16/h3,5,7-10,15-16H,11-12H2,1-2H3/b5-3+. The molecule has 1 heterocycles. The Balaban J connectivity index is 1.82. The van der Waals surface area contributed by atoms with Crippen molar-refractivity contribution in [2.75, 3.05) is 19.5 Å². The number of rotatable bonds is 2. The van der Waals surface area contributed by atoms with Crippen molar-refractivity contribution in [3.8, 4) is 11.8 Å². The van der Waals surface area contributed by atoms with Crippen molar-refractivity contribution in [2.24, 2.45) is 0 Å². The predicted octanol–water partition coefficient (Wildman–Crippen LogP) is 3.12. The van der Waals surface area contributed by atoms with Gasteiger partial charge in [-0.1, -0.05) is 35.7 Å². The Labute approximate surface area is 119 Å². The number of hydrogen-bond donors (Lipinski definition) is 0. The largest absolute Gasteiger partial charge is 0.341 e. The molecule has 1 aromatic carbocycles. The van der Waals surface area contributed by atoms with Crippen molar-refractivity contribution in [1.29, 1.82) is 0 Å². The average molecular weight is 274 g/mol. The number of allylic oxidation sites excluding steroid dienone is 1. The van der Waals surface area contributed by atoms with Crippen LogP contribution in [0.15, 0.2) is 30.3 Å². The minimum Gasteiger partial charge on any atom is -0.341 e. The lowest BCUT2D eigenvalue weighted by atomic mass is 10.1. The molecule has 1 fully saturated rings. The molecule has 0 spiro atoms. The zero-order chi connectivity index (χ0) is 13.5. The maximum Gasteiger partial charge on any atom is 0.222 e. The highest BCUT2D eigenvalue weighted by atomic mass is 32.2. The van der Waals surface area contributed by atoms with Crippen LogP contribution in [0.3, 0.4) is 0 Å². The van der Waals surface area contributed by atoms with Crippen LogP contribution >= 0.6 is 11.8 Å². The number of benzene rings is 1. The van der Waals surface area contributed by atoms with E-state index >= 15 is 0 Å². The molecule has 0 aliphatic carbocycles. The minimum absolute atomic E-state index is 0.383. The highest BCUT2D eigenvalue weighted by Gasteiger charge is 2.19. The van der Waals surface area contributed by atoms with Crippen molar-refractivity contribution in [1.82, 2.24) is 0 Å². The number of hydrogen-bond acceptors (Lipinski definition) is 3. The summed E-state index contributed by atoms with van der Waals surface area (Å²) in [5, 5.41) is 0.432. The van der Waals surface area contributed by atoms with Crippen molar-refractivity contribution in [2.45, 2.75) is 18.5 Å². The van der Waals surface area contributed by atoms with Gasteiger partial charge in [0.2, 0.25) is 6.29 Å². The average Bonchev–Trinajstić information content (AvgIpc) is 2.46. The quantitative estimate of drug-likeness (QED) is 0.772. The van der Waals surface area contributed by atoms with Gasteiger partial charge in [0.1, 0.15) is 0 Å². The first-order chi connectivity index (χ1) is 9.28. The van der Waals surface area contributed by atoms with Gasteiger partial charge < -0.3 is 9.47 Å². The molecule has 0 N–H and O–H groups in total. The van der Waals surface area contributed by atoms with Gasteiger partial charge in [0.05, 0.1) is 18.5 Å². The summed E-state index contributed by atoms with van der Waals surface area (Å²) < 4.78 is 11.0. The van der Waals surface area contributed by atoms with E-state index in [0.717, 1.165) is 5.56 Å². The van der Waals surface area contributed by atoms with E-state index in [9.17, 15) is 0 Å². The summed E-state index contributed by atoms with van der Waals surface area (Å²) in [5.74, 6) is 5.92. The third-order valence-corrected chi connectivity index (χ3v) is 3.78. The molecule has 100 valence electrons. The Morgan fingerprint density at radius 3 is 2.53 bits per heavy atom. The highest BCUT2D eigenvalue weighted by molar-refractivity contribution is 7.99. The normalized spacial score (nSPS) is 23.1. The molecule has 1 saturated heterocycles. The van der Waals surface area contributed by atoms with E-state index in [1.165, 1.54) is 5.56 Å². The van der Waals surface area contributed by atoms with Gasteiger partial charge in [-0.2, -0.15) is 11.8 Å². The molecular weight excluding hydrogens is 256 g/mol. The van der Waals surface area contributed by atoms with Crippen LogP contribution < -0.4 is 0 Å². The second-order valence-electron chi connectivity index (χ2n) is 4.39. The molecule has 1 aliphatic heterocycles. The maximum atomic E-state index is 5.50. The molecule has 0 bridgehead atoms. The number of aryl methyl sites for hydroxylation is 1. The molecule has 0 saturated carbocycles. The molecule has 0 unspecified atom stereocenters. The van der Waals surface area contributed by atoms with Crippen LogP contribution in [-0.4, -0.2) is 31.0 Å². The Kier molecular flexibility index (Phi) is 5.53. The second kappa shape index (κ2) is 7.40. The first-order valence-corrected chi connectivity index (χ1v) is 7.57. The van der Waals surface area contributed by atoms with E-state index in [1.807, 2.05) is 12.2 Å². The number of ether oxygens (including phenoxy) is 2. The van der Waals surface area contributed by atoms with Crippen LogP contribution in [0, 0.1) is 18.8 Å². The lowest BCUT2D eigenvalue weighted by molar-refractivity contribution is -0.140. The molecule has 0 atom stereocenters. The monoisotopic (exact) mass is 274 g/mol. The van der Waals surface area contributed by atoms with E-state index in [0.29, 0.717) is 18.5 Å². The lowest BCUT2D eigenvalue weighted by Gasteiger charge is -2.24. The summed E-state index contributed by atoms with van der Waals surface area (Å²) in [6.45, 7) is 3.50. The minimum atomic E-state index is -0.383. The van der Waals surface area contributed by atoms with Crippen molar-refractivity contribution >= 4 is 17.8 Å². The fourth-order valence-electron chi connectivity index (χ4n) is 1.64. The summed E-state index contributed by atoms with van der Waals surface area (Å²) in [6.07, 6.45) is 5.50. The molecule has 1 aromatic rings. The van der Waals surface area contributed by atoms with Crippen molar-refractivity contribution in [3.05, 3.63) is 41.5 Å². The van der Waals surface area contributed by atoms with E-state index in [1.54, 1.807) is 11.8 Å². The molecule has 2 nitrogen and oxygen atoms in total. The van der Waals surface area contributed by atoms with Gasteiger partial charge in [-0.3, -0.25) is 0 Å². The molecule has 0 radical (unpaired) electrons. The van der Waals surface area contributed by atoms with Crippen molar-refractivity contribution < 1.29 is 9.47 Å². The lowest BCUT2D eigenvalue weighted by Crippen LogP contribution is -2.32. The van der Waals surface area contributed by atoms with Gasteiger partial charge in [0.25, 0.3) is 0 Å². The zero-order valence-electron chi connectivity index (χ0n) is 11.3. The Morgan fingerprint density at radius 2 is 1.89 bits per heavy atom. The topological polar surface area (TPSA) is 18.5 Å². The van der Waals surface area contributed by atoms with Crippen LogP contribution in [0.2, 0.25) is 0 Å². The maximum absolute atomic E-state index is 5.50. The van der Waals surface area contributed by atoms with Gasteiger partial charge in [-0.15, -0.1) is 0 Å². The SMILES string of the molecule is CSC1COC(C#C/C=C/c2ccc(C)cc2)OC1. The summed E-state index contributed by atoms with van der Waals surface area (Å²) in [4.78, 5) is 0. The third-order valence-electron chi connectivity index (χ3n) is 2.84. The zero-order valence-corrected chi connectivity index (χ0v) is 12.1.